The fourth-order valence-electron chi connectivity index (χ4n) is 1.82. The van der Waals surface area contributed by atoms with Crippen molar-refractivity contribution in [2.45, 2.75) is 11.8 Å². The lowest BCUT2D eigenvalue weighted by atomic mass is 10.2. The van der Waals surface area contributed by atoms with Gasteiger partial charge in [0.25, 0.3) is 15.9 Å². The Labute approximate surface area is 104 Å². The first-order valence-electron chi connectivity index (χ1n) is 5.13. The first-order chi connectivity index (χ1) is 8.39. The van der Waals surface area contributed by atoms with E-state index in [0.29, 0.717) is 4.31 Å². The summed E-state index contributed by atoms with van der Waals surface area (Å²) in [7, 11) is -2.59. The van der Waals surface area contributed by atoms with Crippen LogP contribution in [-0.4, -0.2) is 38.1 Å². The summed E-state index contributed by atoms with van der Waals surface area (Å²) in [5, 5.41) is 0. The number of amides is 1. The highest BCUT2D eigenvalue weighted by atomic mass is 32.2. The van der Waals surface area contributed by atoms with E-state index in [4.69, 9.17) is 4.74 Å². The van der Waals surface area contributed by atoms with Crippen molar-refractivity contribution < 1.29 is 22.7 Å². The number of rotatable bonds is 3. The van der Waals surface area contributed by atoms with Crippen LogP contribution < -0.4 is 4.74 Å². The number of fused-ring (bicyclic) bond motifs is 1. The minimum Gasteiger partial charge on any atom is -0.496 e. The third-order valence-corrected chi connectivity index (χ3v) is 4.35. The maximum absolute atomic E-state index is 12.1. The minimum absolute atomic E-state index is 0.0127. The van der Waals surface area contributed by atoms with E-state index in [-0.39, 0.29) is 16.2 Å². The fraction of sp³-hybridized carbons (Fsp3) is 0.273. The molecule has 0 N–H and O–H groups in total. The van der Waals surface area contributed by atoms with Crippen LogP contribution in [-0.2, 0) is 14.8 Å². The van der Waals surface area contributed by atoms with Gasteiger partial charge in [-0.1, -0.05) is 6.07 Å². The molecule has 0 spiro atoms. The molecule has 2 rings (SSSR count). The zero-order chi connectivity index (χ0) is 13.5. The Morgan fingerprint density at radius 1 is 1.39 bits per heavy atom. The topological polar surface area (TPSA) is 80.8 Å². The predicted molar refractivity (Wildman–Crippen MR) is 61.9 cm³/mol. The summed E-state index contributed by atoms with van der Waals surface area (Å²) in [4.78, 5) is 23.0. The van der Waals surface area contributed by atoms with Gasteiger partial charge in [-0.2, -0.15) is 0 Å². The Balaban J connectivity index is 2.64. The zero-order valence-electron chi connectivity index (χ0n) is 9.84. The van der Waals surface area contributed by atoms with E-state index >= 15 is 0 Å². The van der Waals surface area contributed by atoms with Crippen molar-refractivity contribution in [1.82, 2.24) is 4.31 Å². The first kappa shape index (κ1) is 12.6. The van der Waals surface area contributed by atoms with Gasteiger partial charge in [-0.3, -0.25) is 9.59 Å². The summed E-state index contributed by atoms with van der Waals surface area (Å²) >= 11 is 0. The van der Waals surface area contributed by atoms with Gasteiger partial charge in [0.15, 0.2) is 0 Å². The number of hydrogen-bond acceptors (Lipinski definition) is 5. The van der Waals surface area contributed by atoms with Gasteiger partial charge in [0.2, 0.25) is 0 Å². The van der Waals surface area contributed by atoms with Crippen LogP contribution in [0.5, 0.6) is 5.75 Å². The highest BCUT2D eigenvalue weighted by molar-refractivity contribution is 7.90. The van der Waals surface area contributed by atoms with E-state index in [1.807, 2.05) is 0 Å². The van der Waals surface area contributed by atoms with Gasteiger partial charge < -0.3 is 4.74 Å². The number of benzene rings is 1. The fourth-order valence-corrected chi connectivity index (χ4v) is 3.41. The van der Waals surface area contributed by atoms with Gasteiger partial charge in [0, 0.05) is 0 Å². The second-order valence-electron chi connectivity index (χ2n) is 3.85. The highest BCUT2D eigenvalue weighted by Crippen LogP contribution is 2.35. The highest BCUT2D eigenvalue weighted by Gasteiger charge is 2.43. The standard InChI is InChI=1S/C11H11NO5S/c1-7(13)6-12-11(14)10-8(17-2)4-3-5-9(10)18(12,15)16/h3-5H,6H2,1-2H3. The molecule has 0 aromatic heterocycles. The second-order valence-corrected chi connectivity index (χ2v) is 5.68. The van der Waals surface area contributed by atoms with E-state index in [1.54, 1.807) is 0 Å². The molecule has 18 heavy (non-hydrogen) atoms. The number of ether oxygens (including phenoxy) is 1. The number of sulfonamides is 1. The third kappa shape index (κ3) is 1.67. The van der Waals surface area contributed by atoms with Crippen molar-refractivity contribution in [3.05, 3.63) is 23.8 Å². The zero-order valence-corrected chi connectivity index (χ0v) is 10.7. The molecular weight excluding hydrogens is 258 g/mol. The normalized spacial score (nSPS) is 16.6. The number of ketones is 1. The van der Waals surface area contributed by atoms with Gasteiger partial charge in [0.05, 0.1) is 13.7 Å². The molecule has 1 amide bonds. The molecule has 1 aliphatic rings. The minimum atomic E-state index is -3.94. The Morgan fingerprint density at radius 3 is 2.61 bits per heavy atom. The molecule has 96 valence electrons. The van der Waals surface area contributed by atoms with Crippen molar-refractivity contribution in [2.75, 3.05) is 13.7 Å². The summed E-state index contributed by atoms with van der Waals surface area (Å²) in [6.45, 7) is 0.766. The van der Waals surface area contributed by atoms with E-state index < -0.39 is 28.3 Å². The number of methoxy groups -OCH3 is 1. The van der Waals surface area contributed by atoms with Crippen LogP contribution in [0.4, 0.5) is 0 Å². The number of carbonyl (C=O) groups is 2. The van der Waals surface area contributed by atoms with E-state index in [1.165, 1.54) is 32.2 Å². The third-order valence-electron chi connectivity index (χ3n) is 2.58. The van der Waals surface area contributed by atoms with E-state index in [0.717, 1.165) is 0 Å². The lowest BCUT2D eigenvalue weighted by Crippen LogP contribution is -2.34. The Hall–Kier alpha value is -1.89. The summed E-state index contributed by atoms with van der Waals surface area (Å²) in [6.07, 6.45) is 0. The van der Waals surface area contributed by atoms with E-state index in [2.05, 4.69) is 0 Å². The predicted octanol–water partition coefficient (Wildman–Crippen LogP) is 0.429. The quantitative estimate of drug-likeness (QED) is 0.794. The summed E-state index contributed by atoms with van der Waals surface area (Å²) in [5.74, 6) is -0.941. The van der Waals surface area contributed by atoms with Crippen molar-refractivity contribution >= 4 is 21.7 Å². The summed E-state index contributed by atoms with van der Waals surface area (Å²) in [6, 6.07) is 4.31. The van der Waals surface area contributed by atoms with E-state index in [9.17, 15) is 18.0 Å². The molecule has 1 aromatic carbocycles. The van der Waals surface area contributed by atoms with Gasteiger partial charge in [0.1, 0.15) is 22.0 Å². The molecule has 1 heterocycles. The van der Waals surface area contributed by atoms with Gasteiger partial charge in [-0.05, 0) is 19.1 Å². The maximum Gasteiger partial charge on any atom is 0.273 e. The maximum atomic E-state index is 12.1. The molecule has 1 aliphatic heterocycles. The van der Waals surface area contributed by atoms with Crippen LogP contribution >= 0.6 is 0 Å². The van der Waals surface area contributed by atoms with Gasteiger partial charge >= 0.3 is 0 Å². The molecule has 7 heteroatoms. The van der Waals surface area contributed by atoms with Crippen LogP contribution in [0, 0.1) is 0 Å². The van der Waals surface area contributed by atoms with Crippen LogP contribution in [0.3, 0.4) is 0 Å². The van der Waals surface area contributed by atoms with Crippen molar-refractivity contribution in [1.29, 1.82) is 0 Å². The number of Topliss-reactive ketones (excluding diaryl/α,β-unsaturated/α-hetero) is 1. The van der Waals surface area contributed by atoms with Crippen molar-refractivity contribution in [3.8, 4) is 5.75 Å². The molecule has 0 fully saturated rings. The molecule has 0 atom stereocenters. The molecule has 0 radical (unpaired) electrons. The molecule has 1 aromatic rings. The summed E-state index contributed by atoms with van der Waals surface area (Å²) in [5.41, 5.74) is -0.0127. The van der Waals surface area contributed by atoms with Crippen molar-refractivity contribution in [3.63, 3.8) is 0 Å². The molecule has 0 aliphatic carbocycles. The number of carbonyl (C=O) groups excluding carboxylic acids is 2. The van der Waals surface area contributed by atoms with Gasteiger partial charge in [-0.15, -0.1) is 0 Å². The smallest absolute Gasteiger partial charge is 0.273 e. The molecule has 6 nitrogen and oxygen atoms in total. The molecule has 0 saturated carbocycles. The first-order valence-corrected chi connectivity index (χ1v) is 6.57. The number of hydrogen-bond donors (Lipinski definition) is 0. The molecule has 0 saturated heterocycles. The Morgan fingerprint density at radius 2 is 2.06 bits per heavy atom. The van der Waals surface area contributed by atoms with Crippen LogP contribution in [0.2, 0.25) is 0 Å². The van der Waals surface area contributed by atoms with Crippen LogP contribution in [0.15, 0.2) is 23.1 Å². The second kappa shape index (κ2) is 4.09. The SMILES string of the molecule is COc1cccc2c1C(=O)N(CC(C)=O)S2(=O)=O. The lowest BCUT2D eigenvalue weighted by Gasteiger charge is -2.12. The number of nitrogens with zero attached hydrogens (tertiary/aromatic N) is 1. The molecule has 0 bridgehead atoms. The van der Waals surface area contributed by atoms with Crippen LogP contribution in [0.1, 0.15) is 17.3 Å². The average Bonchev–Trinajstić information content (AvgIpc) is 2.50. The molecule has 0 unspecified atom stereocenters. The monoisotopic (exact) mass is 269 g/mol. The Bertz CT molecular complexity index is 635. The Kier molecular flexibility index (Phi) is 2.86. The van der Waals surface area contributed by atoms with Crippen molar-refractivity contribution in [2.24, 2.45) is 0 Å². The van der Waals surface area contributed by atoms with Crippen LogP contribution in [0.25, 0.3) is 0 Å². The molecular formula is C11H11NO5S. The lowest BCUT2D eigenvalue weighted by molar-refractivity contribution is -0.116. The largest absolute Gasteiger partial charge is 0.496 e. The summed E-state index contributed by atoms with van der Waals surface area (Å²) < 4.78 is 29.7. The average molecular weight is 269 g/mol. The van der Waals surface area contributed by atoms with Gasteiger partial charge in [-0.25, -0.2) is 12.7 Å².